The van der Waals surface area contributed by atoms with Crippen molar-refractivity contribution in [3.63, 3.8) is 0 Å². The van der Waals surface area contributed by atoms with Crippen LogP contribution >= 0.6 is 0 Å². The van der Waals surface area contributed by atoms with Gasteiger partial charge >= 0.3 is 0 Å². The van der Waals surface area contributed by atoms with E-state index in [0.29, 0.717) is 80.6 Å². The summed E-state index contributed by atoms with van der Waals surface area (Å²) in [7, 11) is 1.50. The predicted molar refractivity (Wildman–Crippen MR) is 374 cm³/mol. The Balaban J connectivity index is 1.02. The Bertz CT molecular complexity index is 4030. The highest BCUT2D eigenvalue weighted by atomic mass is 16.5. The van der Waals surface area contributed by atoms with Crippen molar-refractivity contribution in [3.05, 3.63) is 171 Å². The lowest BCUT2D eigenvalue weighted by atomic mass is 9.64. The monoisotopic (exact) mass is 1300 g/mol. The highest BCUT2D eigenvalue weighted by molar-refractivity contribution is 6.06. The average molecular weight is 1300 g/mol. The van der Waals surface area contributed by atoms with Gasteiger partial charge in [0.25, 0.3) is 0 Å². The van der Waals surface area contributed by atoms with E-state index in [0.717, 1.165) is 100 Å². The van der Waals surface area contributed by atoms with Crippen LogP contribution in [0.2, 0.25) is 0 Å². The number of hydrogen-bond donors (Lipinski definition) is 11. The van der Waals surface area contributed by atoms with Gasteiger partial charge < -0.3 is 61.4 Å². The van der Waals surface area contributed by atoms with E-state index in [4.69, 9.17) is 4.74 Å². The molecule has 0 amide bonds. The number of hydrogen-bond acceptors (Lipinski definition) is 13. The van der Waals surface area contributed by atoms with Crippen LogP contribution in [0.25, 0.3) is 10.8 Å². The fourth-order valence-corrected chi connectivity index (χ4v) is 18.1. The summed E-state index contributed by atoms with van der Waals surface area (Å²) in [4.78, 5) is 34.2. The fraction of sp³-hybridized carbons (Fsp3) is 0.488. The summed E-state index contributed by atoms with van der Waals surface area (Å²) in [5.74, 6) is 13.2. The number of phenolic OH excluding ortho intramolecular Hbond substituents is 2. The number of ketones is 2. The first-order valence-corrected chi connectivity index (χ1v) is 35.6. The van der Waals surface area contributed by atoms with E-state index in [1.165, 1.54) is 20.0 Å². The number of aromatic nitrogens is 1. The number of aromatic hydroxyl groups is 3. The summed E-state index contributed by atoms with van der Waals surface area (Å²) < 4.78 is 5.74. The second-order valence-electron chi connectivity index (χ2n) is 29.4. The number of H-pyrrole nitrogens is 1. The zero-order chi connectivity index (χ0) is 66.7. The molecule has 3 saturated carbocycles. The van der Waals surface area contributed by atoms with Gasteiger partial charge in [0.05, 0.1) is 31.8 Å². The van der Waals surface area contributed by atoms with Gasteiger partial charge in [-0.1, -0.05) is 124 Å². The number of carbonyl (C=O) groups excluding carboxylic acids is 2. The largest absolute Gasteiger partial charge is 0.508 e. The Hall–Kier alpha value is -7.82. The van der Waals surface area contributed by atoms with Crippen molar-refractivity contribution in [1.82, 2.24) is 15.6 Å². The fourth-order valence-electron chi connectivity index (χ4n) is 18.1. The third-order valence-electron chi connectivity index (χ3n) is 23.4. The summed E-state index contributed by atoms with van der Waals surface area (Å²) in [5, 5.41) is 94.9. The van der Waals surface area contributed by atoms with E-state index < -0.39 is 47.6 Å². The van der Waals surface area contributed by atoms with E-state index in [1.54, 1.807) is 18.2 Å². The number of aliphatic hydroxyl groups is 4. The summed E-state index contributed by atoms with van der Waals surface area (Å²) in [6.07, 6.45) is 13.8. The van der Waals surface area contributed by atoms with Crippen molar-refractivity contribution in [1.29, 1.82) is 0 Å². The molecule has 11 N–H and O–H groups in total. The molecule has 96 heavy (non-hydrogen) atoms. The minimum absolute atomic E-state index is 0.0210. The number of benzene rings is 5. The summed E-state index contributed by atoms with van der Waals surface area (Å²) >= 11 is 0. The van der Waals surface area contributed by atoms with Gasteiger partial charge in [-0.15, -0.1) is 5.92 Å². The normalized spacial score (nSPS) is 29.8. The maximum absolute atomic E-state index is 15.9. The van der Waals surface area contributed by atoms with Crippen molar-refractivity contribution in [2.24, 2.45) is 59.2 Å². The number of β-amino-alcohol motifs (C(OH)–C–C–N with tert-alkyl or cyclic N) is 1. The quantitative estimate of drug-likeness (QED) is 0.0528. The number of aryl methyl sites for hydroxylation is 1. The molecule has 0 spiro atoms. The van der Waals surface area contributed by atoms with Gasteiger partial charge in [-0.05, 0) is 197 Å². The summed E-state index contributed by atoms with van der Waals surface area (Å²) in [6, 6.07) is 29.4. The van der Waals surface area contributed by atoms with Gasteiger partial charge in [-0.25, -0.2) is 0 Å². The first-order chi connectivity index (χ1) is 46.6. The van der Waals surface area contributed by atoms with Crippen molar-refractivity contribution in [3.8, 4) is 46.7 Å². The number of phenols is 3. The molecule has 0 saturated heterocycles. The molecule has 6 aromatic rings. The van der Waals surface area contributed by atoms with Crippen LogP contribution in [-0.4, -0.2) is 97.4 Å². The number of nitrogens with one attached hydrogen (secondary N) is 4. The van der Waals surface area contributed by atoms with Gasteiger partial charge in [0, 0.05) is 91.6 Å². The van der Waals surface area contributed by atoms with E-state index in [-0.39, 0.29) is 102 Å². The van der Waals surface area contributed by atoms with E-state index in [2.05, 4.69) is 94.9 Å². The molecular weight excluding hydrogens is 1200 g/mol. The number of aromatic amines is 1. The Kier molecular flexibility index (Phi) is 20.5. The number of fused-ring (bicyclic) bond motifs is 15. The number of dihydropyridines is 1. The molecule has 0 radical (unpaired) electrons. The van der Waals surface area contributed by atoms with Crippen LogP contribution in [0.5, 0.6) is 23.0 Å². The molecule has 7 aliphatic rings. The minimum Gasteiger partial charge on any atom is -0.508 e. The Morgan fingerprint density at radius 2 is 1.54 bits per heavy atom. The smallest absolute Gasteiger partial charge is 0.173 e. The van der Waals surface area contributed by atoms with Crippen LogP contribution in [0.15, 0.2) is 121 Å². The van der Waals surface area contributed by atoms with Gasteiger partial charge in [-0.3, -0.25) is 9.59 Å². The number of methoxy groups -OCH3 is 1. The average Bonchev–Trinajstić information content (AvgIpc) is 1.04. The molecule has 15 atom stereocenters. The van der Waals surface area contributed by atoms with E-state index in [1.807, 2.05) is 54.7 Å². The van der Waals surface area contributed by atoms with E-state index >= 15 is 4.79 Å². The van der Waals surface area contributed by atoms with Gasteiger partial charge in [0.15, 0.2) is 29.2 Å². The van der Waals surface area contributed by atoms with Crippen LogP contribution in [0, 0.1) is 82.9 Å². The first kappa shape index (κ1) is 66.8. The highest BCUT2D eigenvalue weighted by Crippen LogP contribution is 2.51. The molecule has 5 aliphatic carbocycles. The maximum Gasteiger partial charge on any atom is 0.173 e. The van der Waals surface area contributed by atoms with Crippen LogP contribution in [-0.2, 0) is 41.9 Å². The molecule has 3 fully saturated rings. The third-order valence-corrected chi connectivity index (χ3v) is 23.4. The molecule has 504 valence electrons. The van der Waals surface area contributed by atoms with Crippen molar-refractivity contribution >= 4 is 28.0 Å². The van der Waals surface area contributed by atoms with Crippen LogP contribution in [0.3, 0.4) is 0 Å². The number of rotatable bonds is 7. The van der Waals surface area contributed by atoms with Crippen molar-refractivity contribution in [2.75, 3.05) is 32.1 Å². The van der Waals surface area contributed by atoms with Crippen LogP contribution in [0.1, 0.15) is 165 Å². The minimum atomic E-state index is -1.91. The number of aliphatic hydroxyl groups excluding tert-OH is 4. The first-order valence-electron chi connectivity index (χ1n) is 35.6. The zero-order valence-electron chi connectivity index (χ0n) is 55.8. The number of ether oxygens (including phenoxy) is 1. The third kappa shape index (κ3) is 14.4. The molecule has 14 nitrogen and oxygen atoms in total. The maximum atomic E-state index is 15.9. The predicted octanol–water partition coefficient (Wildman–Crippen LogP) is 12.3. The number of anilines is 1. The molecular formula is C82H96N4O10. The Labute approximate surface area is 565 Å². The lowest BCUT2D eigenvalue weighted by Gasteiger charge is -2.40. The zero-order valence-corrected chi connectivity index (χ0v) is 55.8. The second-order valence-corrected chi connectivity index (χ2v) is 29.4. The lowest BCUT2D eigenvalue weighted by molar-refractivity contribution is -0.142. The molecule has 3 heterocycles. The molecule has 13 rings (SSSR count). The SMILES string of the molecule is COc1cc2c(cc1O)C1C#CC3CC4CC(CC3C(=O)C(O)C(=O)CC2)C(CCC2CCCC2)C(O)Cc2cc(c[nH]2)C(C)CNCC(O)Cc2ccc3ccc(cc3c2O)NC2=CC(=CCN2)C4CC#CC2CC(CC(C)C2Cc2cccc(O)c2CO)c2ccccc21. The van der Waals surface area contributed by atoms with Gasteiger partial charge in [0.2, 0.25) is 0 Å². The molecule has 5 aromatic carbocycles. The second kappa shape index (κ2) is 29.5. The molecule has 13 bridgehead atoms. The number of carbonyl (C=O) groups is 2. The highest BCUT2D eigenvalue weighted by Gasteiger charge is 2.46. The van der Waals surface area contributed by atoms with Crippen molar-refractivity contribution < 1.29 is 50.1 Å². The number of allylic oxidation sites excluding steroid dienone is 2. The number of Topliss-reactive ketones (excluding diaryl/α,β-unsaturated/α-hetero) is 2. The summed E-state index contributed by atoms with van der Waals surface area (Å²) in [5.41, 5.74) is 9.39. The standard InChI is InChI=1S/C82H96N4O10/c1-47-30-57-31-51(69(47)36-52-13-9-17-74(89)73(52)46-87)12-8-16-64-55-28-29-84-79(39-55)86-61-24-21-50-19-20-56(80(93)72(50)40-61)35-63(88)45-83-43-48(2)60-34-62(85-44-60)41-76(91)66(25-18-49-10-4-5-11-49)59-33-58(64)32-53-22-26-68(67-15-7-6-14-65(57)67)70-42-77(92)78(96-3)38-54(70)23-27-75(90)82(95)81(94)71(53)37-59/h6-7,9,13-15,17,19-21,24,28,34,38-40,42,44,47-49,51,53,57-59,63-64,66,68-69,71,76,82-89,91-93,95H,4-5,10-11,16,18,23,25,27,29-33,35-37,41,43,45-46H2,1-3H3. The summed E-state index contributed by atoms with van der Waals surface area (Å²) in [6.45, 7) is 5.55. The van der Waals surface area contributed by atoms with Crippen LogP contribution in [0.4, 0.5) is 5.69 Å². The van der Waals surface area contributed by atoms with Crippen LogP contribution < -0.4 is 20.7 Å². The van der Waals surface area contributed by atoms with Gasteiger partial charge in [0.1, 0.15) is 17.3 Å². The molecule has 14 heteroatoms. The Morgan fingerprint density at radius 1 is 0.719 bits per heavy atom. The van der Waals surface area contributed by atoms with E-state index in [9.17, 15) is 40.5 Å². The molecule has 1 aromatic heterocycles. The molecule has 2 aliphatic heterocycles. The Morgan fingerprint density at radius 3 is 2.36 bits per heavy atom. The van der Waals surface area contributed by atoms with Gasteiger partial charge in [-0.2, -0.15) is 0 Å². The topological polar surface area (TPSA) is 237 Å². The van der Waals surface area contributed by atoms with Crippen molar-refractivity contribution in [2.45, 2.75) is 166 Å². The molecule has 15 unspecified atom stereocenters. The lowest BCUT2D eigenvalue weighted by Crippen LogP contribution is -2.40.